The molecule has 1 aromatic heterocycles. The number of carbonyl (C=O) groups excluding carboxylic acids is 1. The number of benzene rings is 4. The van der Waals surface area contributed by atoms with Crippen LogP contribution in [-0.2, 0) is 16.1 Å². The molecule has 0 fully saturated rings. The number of ether oxygens (including phenoxy) is 4. The number of aromatic carboxylic acids is 1. The SMILES string of the molecule is CCOC(=O)C1=C(c2ccccc2)N=c2s/c(=C/c3cc(I)c(OCc4cccc(C(=O)O)c4)c(OC)c3)c(=O)n2[C@H]1c1ccc(OCC)cc1. The molecule has 1 atom stereocenters. The Hall–Kier alpha value is -5.21. The molecule has 10 nitrogen and oxygen atoms in total. The number of hydrogen-bond acceptors (Lipinski definition) is 9. The number of hydrogen-bond donors (Lipinski definition) is 1. The second-order valence-corrected chi connectivity index (χ2v) is 13.4. The van der Waals surface area contributed by atoms with Gasteiger partial charge in [0.2, 0.25) is 0 Å². The van der Waals surface area contributed by atoms with E-state index in [1.54, 1.807) is 41.8 Å². The van der Waals surface area contributed by atoms with Crippen LogP contribution in [0.25, 0.3) is 11.8 Å². The van der Waals surface area contributed by atoms with Crippen LogP contribution in [0.2, 0.25) is 0 Å². The molecule has 0 radical (unpaired) electrons. The monoisotopic (exact) mass is 816 g/mol. The van der Waals surface area contributed by atoms with E-state index in [-0.39, 0.29) is 29.9 Å². The van der Waals surface area contributed by atoms with Crippen LogP contribution in [0.15, 0.2) is 106 Å². The van der Waals surface area contributed by atoms with E-state index in [0.717, 1.165) is 9.13 Å². The van der Waals surface area contributed by atoms with Crippen molar-refractivity contribution in [1.82, 2.24) is 4.57 Å². The molecule has 0 saturated heterocycles. The first-order chi connectivity index (χ1) is 24.7. The Morgan fingerprint density at radius 3 is 2.41 bits per heavy atom. The maximum atomic E-state index is 14.4. The second kappa shape index (κ2) is 15.8. The number of esters is 1. The van der Waals surface area contributed by atoms with Crippen molar-refractivity contribution in [3.63, 3.8) is 0 Å². The molecule has 6 rings (SSSR count). The average molecular weight is 817 g/mol. The molecule has 0 amide bonds. The largest absolute Gasteiger partial charge is 0.494 e. The van der Waals surface area contributed by atoms with Crippen LogP contribution >= 0.6 is 33.9 Å². The summed E-state index contributed by atoms with van der Waals surface area (Å²) in [6.45, 7) is 4.42. The van der Waals surface area contributed by atoms with Gasteiger partial charge in [0.1, 0.15) is 12.4 Å². The Balaban J connectivity index is 1.46. The molecular weight excluding hydrogens is 783 g/mol. The first kappa shape index (κ1) is 35.6. The molecule has 12 heteroatoms. The van der Waals surface area contributed by atoms with Gasteiger partial charge < -0.3 is 24.1 Å². The predicted octanol–water partition coefficient (Wildman–Crippen LogP) is 6.22. The van der Waals surface area contributed by atoms with Gasteiger partial charge in [0.25, 0.3) is 5.56 Å². The minimum absolute atomic E-state index is 0.128. The maximum absolute atomic E-state index is 14.4. The number of nitrogens with zero attached hydrogens (tertiary/aromatic N) is 2. The van der Waals surface area contributed by atoms with Crippen molar-refractivity contribution in [2.24, 2.45) is 4.99 Å². The molecule has 0 spiro atoms. The van der Waals surface area contributed by atoms with E-state index in [1.807, 2.05) is 67.6 Å². The van der Waals surface area contributed by atoms with Crippen LogP contribution in [0.5, 0.6) is 17.2 Å². The van der Waals surface area contributed by atoms with E-state index in [0.29, 0.717) is 55.6 Å². The zero-order chi connectivity index (χ0) is 36.1. The molecule has 0 aliphatic carbocycles. The lowest BCUT2D eigenvalue weighted by atomic mass is 9.93. The van der Waals surface area contributed by atoms with E-state index < -0.39 is 18.0 Å². The van der Waals surface area contributed by atoms with Gasteiger partial charge in [-0.3, -0.25) is 9.36 Å². The maximum Gasteiger partial charge on any atom is 0.338 e. The first-order valence-electron chi connectivity index (χ1n) is 16.1. The standard InChI is InChI=1S/C39H33IN2O8S/c1-4-48-28-16-14-26(15-17-28)34-32(38(46)49-5-2)33(25-11-7-6-8-12-25)41-39-42(34)36(43)31(51-39)21-24-19-29(40)35(30(20-24)47-3)50-22-23-10-9-13-27(18-23)37(44)45/h6-21,34H,4-5,22H2,1-3H3,(H,44,45)/b31-21+/t34-/m0/s1. The molecule has 0 saturated carbocycles. The van der Waals surface area contributed by atoms with Gasteiger partial charge in [0.15, 0.2) is 16.3 Å². The minimum Gasteiger partial charge on any atom is -0.494 e. The highest BCUT2D eigenvalue weighted by molar-refractivity contribution is 14.1. The van der Waals surface area contributed by atoms with Gasteiger partial charge in [0.05, 0.1) is 51.3 Å². The number of carboxylic acids is 1. The first-order valence-corrected chi connectivity index (χ1v) is 18.0. The lowest BCUT2D eigenvalue weighted by Gasteiger charge is -2.26. The molecule has 2 heterocycles. The van der Waals surface area contributed by atoms with E-state index in [1.165, 1.54) is 24.5 Å². The molecule has 0 bridgehead atoms. The average Bonchev–Trinajstić information content (AvgIpc) is 3.45. The molecule has 260 valence electrons. The third-order valence-corrected chi connectivity index (χ3v) is 9.77. The summed E-state index contributed by atoms with van der Waals surface area (Å²) in [5.41, 5.74) is 3.35. The normalized spacial score (nSPS) is 14.0. The molecule has 1 N–H and O–H groups in total. The fraction of sp³-hybridized carbons (Fsp3) is 0.179. The van der Waals surface area contributed by atoms with Crippen molar-refractivity contribution in [3.05, 3.63) is 148 Å². The summed E-state index contributed by atoms with van der Waals surface area (Å²) in [6.07, 6.45) is 1.76. The highest BCUT2D eigenvalue weighted by atomic mass is 127. The fourth-order valence-electron chi connectivity index (χ4n) is 5.73. The summed E-state index contributed by atoms with van der Waals surface area (Å²) in [4.78, 5) is 44.9. The minimum atomic E-state index is -1.02. The number of carboxylic acid groups (broad SMARTS) is 1. The highest BCUT2D eigenvalue weighted by Gasteiger charge is 2.35. The highest BCUT2D eigenvalue weighted by Crippen LogP contribution is 2.37. The number of halogens is 1. The summed E-state index contributed by atoms with van der Waals surface area (Å²) in [5, 5.41) is 9.35. The zero-order valence-corrected chi connectivity index (χ0v) is 30.9. The quantitative estimate of drug-likeness (QED) is 0.116. The van der Waals surface area contributed by atoms with Crippen molar-refractivity contribution >= 4 is 57.6 Å². The van der Waals surface area contributed by atoms with E-state index in [9.17, 15) is 19.5 Å². The second-order valence-electron chi connectivity index (χ2n) is 11.3. The van der Waals surface area contributed by atoms with Crippen molar-refractivity contribution in [2.75, 3.05) is 20.3 Å². The summed E-state index contributed by atoms with van der Waals surface area (Å²) < 4.78 is 25.7. The van der Waals surface area contributed by atoms with E-state index >= 15 is 0 Å². The number of methoxy groups -OCH3 is 1. The van der Waals surface area contributed by atoms with Gasteiger partial charge in [-0.15, -0.1) is 0 Å². The lowest BCUT2D eigenvalue weighted by Crippen LogP contribution is -2.40. The van der Waals surface area contributed by atoms with Crippen LogP contribution in [0.4, 0.5) is 0 Å². The Bertz CT molecular complexity index is 2310. The topological polar surface area (TPSA) is 126 Å². The lowest BCUT2D eigenvalue weighted by molar-refractivity contribution is -0.138. The summed E-state index contributed by atoms with van der Waals surface area (Å²) in [6, 6.07) is 26.1. The Morgan fingerprint density at radius 2 is 1.73 bits per heavy atom. The van der Waals surface area contributed by atoms with Crippen LogP contribution in [0, 0.1) is 3.57 Å². The Kier molecular flexibility index (Phi) is 11.0. The van der Waals surface area contributed by atoms with Crippen molar-refractivity contribution in [2.45, 2.75) is 26.5 Å². The van der Waals surface area contributed by atoms with Crippen molar-refractivity contribution in [3.8, 4) is 17.2 Å². The summed E-state index contributed by atoms with van der Waals surface area (Å²) in [7, 11) is 1.53. The number of thiazole rings is 1. The number of carbonyl (C=O) groups is 2. The molecule has 1 aliphatic heterocycles. The van der Waals surface area contributed by atoms with E-state index in [4.69, 9.17) is 23.9 Å². The summed E-state index contributed by atoms with van der Waals surface area (Å²) in [5.74, 6) is 0.0251. The zero-order valence-electron chi connectivity index (χ0n) is 27.9. The smallest absolute Gasteiger partial charge is 0.338 e. The van der Waals surface area contributed by atoms with Crippen molar-refractivity contribution < 1.29 is 33.6 Å². The predicted molar refractivity (Wildman–Crippen MR) is 202 cm³/mol. The van der Waals surface area contributed by atoms with Gasteiger partial charge in [0, 0.05) is 5.56 Å². The third kappa shape index (κ3) is 7.61. The number of fused-ring (bicyclic) bond motifs is 1. The molecule has 51 heavy (non-hydrogen) atoms. The Morgan fingerprint density at radius 1 is 0.961 bits per heavy atom. The van der Waals surface area contributed by atoms with Gasteiger partial charge in [-0.2, -0.15) is 0 Å². The van der Waals surface area contributed by atoms with E-state index in [2.05, 4.69) is 22.6 Å². The third-order valence-electron chi connectivity index (χ3n) is 7.99. The van der Waals surface area contributed by atoms with Crippen LogP contribution in [0.1, 0.15) is 52.5 Å². The van der Waals surface area contributed by atoms with Gasteiger partial charge in [-0.05, 0) is 95.6 Å². The molecule has 5 aromatic rings. The van der Waals surface area contributed by atoms with Crippen LogP contribution in [-0.4, -0.2) is 41.9 Å². The Labute approximate surface area is 311 Å². The molecule has 1 aliphatic rings. The molecule has 0 unspecified atom stereocenters. The molecular formula is C39H33IN2O8S. The van der Waals surface area contributed by atoms with Gasteiger partial charge in [-0.25, -0.2) is 14.6 Å². The van der Waals surface area contributed by atoms with Gasteiger partial charge >= 0.3 is 11.9 Å². The van der Waals surface area contributed by atoms with Crippen LogP contribution in [0.3, 0.4) is 0 Å². The van der Waals surface area contributed by atoms with Crippen LogP contribution < -0.4 is 29.1 Å². The number of rotatable bonds is 12. The van der Waals surface area contributed by atoms with Gasteiger partial charge in [-0.1, -0.05) is 65.9 Å². The molecule has 4 aromatic carbocycles. The fourth-order valence-corrected chi connectivity index (χ4v) is 7.52. The van der Waals surface area contributed by atoms with Crippen molar-refractivity contribution in [1.29, 1.82) is 0 Å². The summed E-state index contributed by atoms with van der Waals surface area (Å²) >= 11 is 3.36. The number of aromatic nitrogens is 1.